The van der Waals surface area contributed by atoms with Crippen molar-refractivity contribution in [2.24, 2.45) is 0 Å². The van der Waals surface area contributed by atoms with Crippen molar-refractivity contribution in [3.63, 3.8) is 0 Å². The Morgan fingerprint density at radius 3 is 2.80 bits per heavy atom. The van der Waals surface area contributed by atoms with Crippen molar-refractivity contribution in [2.45, 2.75) is 18.1 Å². The summed E-state index contributed by atoms with van der Waals surface area (Å²) < 4.78 is 34.5. The van der Waals surface area contributed by atoms with Crippen LogP contribution >= 0.6 is 11.8 Å². The van der Waals surface area contributed by atoms with Crippen LogP contribution in [0, 0.1) is 0 Å². The number of thioether (sulfide) groups is 1. The summed E-state index contributed by atoms with van der Waals surface area (Å²) in [5.41, 5.74) is 0. The first kappa shape index (κ1) is 17.4. The molecule has 7 heteroatoms. The Bertz CT molecular complexity index is 364. The fourth-order valence-corrected chi connectivity index (χ4v) is 2.03. The maximum atomic E-state index is 12.0. The normalized spacial score (nSPS) is 11.7. The number of likely N-dealkylation sites (N-methyl/N-ethyl adjacent to an activating group) is 1. The van der Waals surface area contributed by atoms with Crippen LogP contribution in [-0.2, 0) is 17.0 Å². The molecule has 0 aliphatic carbocycles. The zero-order valence-electron chi connectivity index (χ0n) is 11.9. The van der Waals surface area contributed by atoms with Gasteiger partial charge in [-0.1, -0.05) is 11.8 Å². The molecule has 0 bridgehead atoms. The predicted molar refractivity (Wildman–Crippen MR) is 77.1 cm³/mol. The lowest BCUT2D eigenvalue weighted by molar-refractivity contribution is 0.161. The number of methoxy groups -OCH3 is 1. The molecule has 0 saturated heterocycles. The third-order valence-corrected chi connectivity index (χ3v) is 3.42. The average molecular weight is 308 g/mol. The summed E-state index contributed by atoms with van der Waals surface area (Å²) in [7, 11) is 3.72. The molecule has 1 aromatic heterocycles. The van der Waals surface area contributed by atoms with Crippen LogP contribution in [0.15, 0.2) is 16.5 Å². The summed E-state index contributed by atoms with van der Waals surface area (Å²) >= 11 is 0.572. The van der Waals surface area contributed by atoms with E-state index in [-0.39, 0.29) is 5.75 Å². The molecular weight excluding hydrogens is 286 g/mol. The molecule has 116 valence electrons. The molecule has 0 atom stereocenters. The van der Waals surface area contributed by atoms with Crippen molar-refractivity contribution >= 4 is 11.8 Å². The minimum atomic E-state index is -2.36. The average Bonchev–Trinajstić information content (AvgIpc) is 2.87. The van der Waals surface area contributed by atoms with Gasteiger partial charge in [0.05, 0.1) is 18.9 Å². The lowest BCUT2D eigenvalue weighted by Crippen LogP contribution is -2.31. The quantitative estimate of drug-likeness (QED) is 0.636. The molecule has 1 heterocycles. The van der Waals surface area contributed by atoms with Crippen LogP contribution in [0.25, 0.3) is 0 Å². The van der Waals surface area contributed by atoms with E-state index in [2.05, 4.69) is 10.2 Å². The number of ether oxygens (including phenoxy) is 1. The molecule has 0 aliphatic heterocycles. The number of alkyl halides is 2. The van der Waals surface area contributed by atoms with Gasteiger partial charge in [0.25, 0.3) is 5.76 Å². The molecule has 0 saturated carbocycles. The van der Waals surface area contributed by atoms with E-state index >= 15 is 0 Å². The maximum absolute atomic E-state index is 12.0. The largest absolute Gasteiger partial charge is 0.464 e. The zero-order chi connectivity index (χ0) is 14.8. The predicted octanol–water partition coefficient (Wildman–Crippen LogP) is 2.40. The van der Waals surface area contributed by atoms with E-state index in [1.54, 1.807) is 13.2 Å². The molecule has 0 aliphatic rings. The van der Waals surface area contributed by atoms with E-state index in [4.69, 9.17) is 9.15 Å². The lowest BCUT2D eigenvalue weighted by atomic mass is 10.4. The van der Waals surface area contributed by atoms with E-state index in [1.807, 2.05) is 13.1 Å². The number of nitrogens with one attached hydrogen (secondary N) is 1. The van der Waals surface area contributed by atoms with E-state index in [1.165, 1.54) is 0 Å². The number of hydrogen-bond donors (Lipinski definition) is 1. The number of hydrogen-bond acceptors (Lipinski definition) is 5. The van der Waals surface area contributed by atoms with Gasteiger partial charge in [-0.05, 0) is 19.2 Å². The molecule has 4 nitrogen and oxygen atoms in total. The molecule has 0 spiro atoms. The number of nitrogens with zero attached hydrogens (tertiary/aromatic N) is 1. The second kappa shape index (κ2) is 10.1. The van der Waals surface area contributed by atoms with Crippen LogP contribution in [0.2, 0.25) is 0 Å². The fraction of sp³-hybridized carbons (Fsp3) is 0.692. The summed E-state index contributed by atoms with van der Waals surface area (Å²) in [5.74, 6) is -0.791. The summed E-state index contributed by atoms with van der Waals surface area (Å²) in [6.07, 6.45) is 0. The van der Waals surface area contributed by atoms with Gasteiger partial charge in [0.1, 0.15) is 11.5 Å². The highest BCUT2D eigenvalue weighted by Crippen LogP contribution is 2.21. The van der Waals surface area contributed by atoms with E-state index in [9.17, 15) is 8.78 Å². The number of furan rings is 1. The Balaban J connectivity index is 2.13. The first-order chi connectivity index (χ1) is 9.61. The second-order valence-electron chi connectivity index (χ2n) is 4.41. The highest BCUT2D eigenvalue weighted by atomic mass is 32.2. The van der Waals surface area contributed by atoms with E-state index < -0.39 is 5.76 Å². The minimum Gasteiger partial charge on any atom is -0.464 e. The highest BCUT2D eigenvalue weighted by Gasteiger charge is 2.07. The van der Waals surface area contributed by atoms with Crippen molar-refractivity contribution in [1.29, 1.82) is 0 Å². The summed E-state index contributed by atoms with van der Waals surface area (Å²) in [6.45, 7) is 3.98. The Hall–Kier alpha value is -0.630. The molecule has 0 amide bonds. The number of rotatable bonds is 11. The van der Waals surface area contributed by atoms with E-state index in [0.717, 1.165) is 32.0 Å². The summed E-state index contributed by atoms with van der Waals surface area (Å²) in [6, 6.07) is 3.57. The molecule has 1 N–H and O–H groups in total. The van der Waals surface area contributed by atoms with Gasteiger partial charge in [-0.2, -0.15) is 8.78 Å². The standard InChI is InChI=1S/C13H22F2N2O2S/c1-17(7-8-18-2)6-5-16-9-11-3-4-12(19-11)10-20-13(14)15/h3-4,13,16H,5-10H2,1-2H3. The third kappa shape index (κ3) is 7.84. The topological polar surface area (TPSA) is 37.6 Å². The monoisotopic (exact) mass is 308 g/mol. The first-order valence-corrected chi connectivity index (χ1v) is 7.52. The fourth-order valence-electron chi connectivity index (χ4n) is 1.58. The van der Waals surface area contributed by atoms with Crippen molar-refractivity contribution in [1.82, 2.24) is 10.2 Å². The van der Waals surface area contributed by atoms with Crippen LogP contribution in [0.4, 0.5) is 8.78 Å². The third-order valence-electron chi connectivity index (χ3n) is 2.72. The summed E-state index contributed by atoms with van der Waals surface area (Å²) in [5, 5.41) is 3.26. The number of halogens is 2. The Morgan fingerprint density at radius 1 is 1.35 bits per heavy atom. The van der Waals surface area contributed by atoms with Crippen molar-refractivity contribution in [3.05, 3.63) is 23.7 Å². The Morgan fingerprint density at radius 2 is 2.10 bits per heavy atom. The van der Waals surface area contributed by atoms with Crippen LogP contribution in [0.1, 0.15) is 11.5 Å². The van der Waals surface area contributed by atoms with Gasteiger partial charge in [-0.3, -0.25) is 0 Å². The van der Waals surface area contributed by atoms with E-state index in [0.29, 0.717) is 24.1 Å². The lowest BCUT2D eigenvalue weighted by Gasteiger charge is -2.15. The molecular formula is C13H22F2N2O2S. The molecule has 0 fully saturated rings. The van der Waals surface area contributed by atoms with Crippen LogP contribution in [0.5, 0.6) is 0 Å². The first-order valence-electron chi connectivity index (χ1n) is 6.47. The molecule has 20 heavy (non-hydrogen) atoms. The minimum absolute atomic E-state index is 0.206. The molecule has 1 aromatic rings. The van der Waals surface area contributed by atoms with Gasteiger partial charge in [-0.25, -0.2) is 0 Å². The van der Waals surface area contributed by atoms with Crippen molar-refractivity contribution < 1.29 is 17.9 Å². The van der Waals surface area contributed by atoms with Gasteiger partial charge >= 0.3 is 0 Å². The SMILES string of the molecule is COCCN(C)CCNCc1ccc(CSC(F)F)o1. The maximum Gasteiger partial charge on any atom is 0.284 e. The van der Waals surface area contributed by atoms with Crippen molar-refractivity contribution in [3.8, 4) is 0 Å². The molecule has 0 radical (unpaired) electrons. The second-order valence-corrected chi connectivity index (χ2v) is 5.39. The van der Waals surface area contributed by atoms with Gasteiger partial charge < -0.3 is 19.4 Å². The van der Waals surface area contributed by atoms with Crippen LogP contribution in [-0.4, -0.2) is 51.1 Å². The Kier molecular flexibility index (Phi) is 8.84. The summed E-state index contributed by atoms with van der Waals surface area (Å²) in [4.78, 5) is 2.17. The van der Waals surface area contributed by atoms with Gasteiger partial charge in [0, 0.05) is 26.7 Å². The molecule has 0 unspecified atom stereocenters. The van der Waals surface area contributed by atoms with Crippen LogP contribution < -0.4 is 5.32 Å². The molecule has 0 aromatic carbocycles. The van der Waals surface area contributed by atoms with Crippen molar-refractivity contribution in [2.75, 3.05) is 40.4 Å². The highest BCUT2D eigenvalue weighted by molar-refractivity contribution is 7.98. The molecule has 1 rings (SSSR count). The smallest absolute Gasteiger partial charge is 0.284 e. The van der Waals surface area contributed by atoms with Crippen LogP contribution in [0.3, 0.4) is 0 Å². The van der Waals surface area contributed by atoms with Gasteiger partial charge in [0.15, 0.2) is 0 Å². The Labute approximate surface area is 122 Å². The van der Waals surface area contributed by atoms with Gasteiger partial charge in [-0.15, -0.1) is 0 Å². The zero-order valence-corrected chi connectivity index (χ0v) is 12.7. The van der Waals surface area contributed by atoms with Gasteiger partial charge in [0.2, 0.25) is 0 Å².